The molecule has 1 heterocycles. The van der Waals surface area contributed by atoms with Crippen LogP contribution in [0.5, 0.6) is 5.75 Å². The van der Waals surface area contributed by atoms with Crippen LogP contribution in [0.2, 0.25) is 0 Å². The van der Waals surface area contributed by atoms with Crippen molar-refractivity contribution in [2.75, 3.05) is 0 Å². The Morgan fingerprint density at radius 1 is 1.73 bits per heavy atom. The molecule has 0 amide bonds. The molecule has 0 fully saturated rings. The SMILES string of the molecule is CCCn1cc(O)c(=O)cn1. The maximum Gasteiger partial charge on any atom is 0.241 e. The summed E-state index contributed by atoms with van der Waals surface area (Å²) in [6, 6.07) is 0. The zero-order chi connectivity index (χ0) is 8.27. The van der Waals surface area contributed by atoms with Crippen LogP contribution in [0.1, 0.15) is 13.3 Å². The minimum absolute atomic E-state index is 0.242. The molecule has 0 bridgehead atoms. The van der Waals surface area contributed by atoms with E-state index in [2.05, 4.69) is 5.10 Å². The van der Waals surface area contributed by atoms with Gasteiger partial charge < -0.3 is 5.11 Å². The second-order valence-corrected chi connectivity index (χ2v) is 2.29. The molecule has 4 heteroatoms. The van der Waals surface area contributed by atoms with E-state index in [1.165, 1.54) is 10.9 Å². The first-order valence-corrected chi connectivity index (χ1v) is 3.49. The van der Waals surface area contributed by atoms with Crippen LogP contribution in [0, 0.1) is 0 Å². The number of nitrogens with zero attached hydrogens (tertiary/aromatic N) is 2. The first kappa shape index (κ1) is 7.78. The van der Waals surface area contributed by atoms with Gasteiger partial charge in [-0.3, -0.25) is 9.48 Å². The van der Waals surface area contributed by atoms with Crippen LogP contribution in [0.25, 0.3) is 0 Å². The topological polar surface area (TPSA) is 55.1 Å². The largest absolute Gasteiger partial charge is 0.503 e. The lowest BCUT2D eigenvalue weighted by molar-refractivity contribution is 0.450. The molecule has 0 aromatic carbocycles. The lowest BCUT2D eigenvalue weighted by Crippen LogP contribution is -2.09. The minimum Gasteiger partial charge on any atom is -0.503 e. The van der Waals surface area contributed by atoms with E-state index in [0.29, 0.717) is 6.54 Å². The van der Waals surface area contributed by atoms with E-state index in [-0.39, 0.29) is 5.75 Å². The van der Waals surface area contributed by atoms with Crippen LogP contribution < -0.4 is 5.43 Å². The molecular weight excluding hydrogens is 144 g/mol. The fourth-order valence-electron chi connectivity index (χ4n) is 0.782. The Kier molecular flexibility index (Phi) is 2.25. The number of aromatic hydroxyl groups is 1. The van der Waals surface area contributed by atoms with Gasteiger partial charge in [0.2, 0.25) is 5.43 Å². The third-order valence-corrected chi connectivity index (χ3v) is 1.30. The summed E-state index contributed by atoms with van der Waals surface area (Å²) in [7, 11) is 0. The third-order valence-electron chi connectivity index (χ3n) is 1.30. The van der Waals surface area contributed by atoms with Crippen molar-refractivity contribution in [1.29, 1.82) is 0 Å². The maximum atomic E-state index is 10.6. The lowest BCUT2D eigenvalue weighted by Gasteiger charge is -2.00. The Bertz CT molecular complexity index is 293. The Hall–Kier alpha value is -1.32. The lowest BCUT2D eigenvalue weighted by atomic mass is 10.4. The van der Waals surface area contributed by atoms with Gasteiger partial charge in [0.25, 0.3) is 0 Å². The van der Waals surface area contributed by atoms with Gasteiger partial charge in [-0.15, -0.1) is 0 Å². The Morgan fingerprint density at radius 3 is 3.00 bits per heavy atom. The zero-order valence-corrected chi connectivity index (χ0v) is 6.32. The summed E-state index contributed by atoms with van der Waals surface area (Å²) >= 11 is 0. The van der Waals surface area contributed by atoms with E-state index in [9.17, 15) is 4.79 Å². The van der Waals surface area contributed by atoms with E-state index < -0.39 is 5.43 Å². The molecule has 0 aliphatic carbocycles. The molecule has 0 spiro atoms. The average Bonchev–Trinajstić information content (AvgIpc) is 1.98. The van der Waals surface area contributed by atoms with Gasteiger partial charge in [-0.2, -0.15) is 5.10 Å². The Balaban J connectivity index is 2.96. The van der Waals surface area contributed by atoms with E-state index in [1.54, 1.807) is 0 Å². The summed E-state index contributed by atoms with van der Waals surface area (Å²) in [5.74, 6) is -0.242. The molecule has 0 unspecified atom stereocenters. The molecule has 0 aliphatic heterocycles. The van der Waals surface area contributed by atoms with Gasteiger partial charge in [0, 0.05) is 6.54 Å². The highest BCUT2D eigenvalue weighted by Gasteiger charge is 1.95. The van der Waals surface area contributed by atoms with E-state index in [1.807, 2.05) is 6.92 Å². The zero-order valence-electron chi connectivity index (χ0n) is 6.32. The molecule has 1 aromatic rings. The van der Waals surface area contributed by atoms with E-state index in [0.717, 1.165) is 12.6 Å². The Labute approximate surface area is 64.1 Å². The molecule has 0 radical (unpaired) electrons. The maximum absolute atomic E-state index is 10.6. The number of aryl methyl sites for hydroxylation is 1. The molecule has 11 heavy (non-hydrogen) atoms. The van der Waals surface area contributed by atoms with Crippen LogP contribution >= 0.6 is 0 Å². The van der Waals surface area contributed by atoms with Crippen molar-refractivity contribution in [2.24, 2.45) is 0 Å². The van der Waals surface area contributed by atoms with Gasteiger partial charge in [0.05, 0.1) is 12.4 Å². The van der Waals surface area contributed by atoms with E-state index in [4.69, 9.17) is 5.11 Å². The predicted octanol–water partition coefficient (Wildman–Crippen LogP) is 0.359. The van der Waals surface area contributed by atoms with Gasteiger partial charge in [-0.1, -0.05) is 6.92 Å². The molecule has 1 N–H and O–H groups in total. The van der Waals surface area contributed by atoms with Gasteiger partial charge >= 0.3 is 0 Å². The van der Waals surface area contributed by atoms with Crippen LogP contribution in [-0.2, 0) is 6.54 Å². The monoisotopic (exact) mass is 154 g/mol. The summed E-state index contributed by atoms with van der Waals surface area (Å²) in [6.07, 6.45) is 3.38. The molecule has 60 valence electrons. The highest BCUT2D eigenvalue weighted by Crippen LogP contribution is 1.96. The first-order chi connectivity index (χ1) is 5.24. The number of hydrogen-bond donors (Lipinski definition) is 1. The van der Waals surface area contributed by atoms with Crippen molar-refractivity contribution in [3.63, 3.8) is 0 Å². The van der Waals surface area contributed by atoms with Gasteiger partial charge in [0.15, 0.2) is 5.75 Å². The predicted molar refractivity (Wildman–Crippen MR) is 40.5 cm³/mol. The molecular formula is C7H10N2O2. The quantitative estimate of drug-likeness (QED) is 0.669. The highest BCUT2D eigenvalue weighted by molar-refractivity contribution is 5.11. The molecule has 1 rings (SSSR count). The van der Waals surface area contributed by atoms with Crippen molar-refractivity contribution in [2.45, 2.75) is 19.9 Å². The third kappa shape index (κ3) is 1.80. The molecule has 4 nitrogen and oxygen atoms in total. The molecule has 0 aliphatic rings. The van der Waals surface area contributed by atoms with Gasteiger partial charge in [-0.25, -0.2) is 0 Å². The van der Waals surface area contributed by atoms with Crippen molar-refractivity contribution < 1.29 is 5.11 Å². The minimum atomic E-state index is -0.433. The fourth-order valence-corrected chi connectivity index (χ4v) is 0.782. The summed E-state index contributed by atoms with van der Waals surface area (Å²) in [6.45, 7) is 2.71. The van der Waals surface area contributed by atoms with Crippen LogP contribution in [0.15, 0.2) is 17.2 Å². The number of hydrogen-bond acceptors (Lipinski definition) is 3. The van der Waals surface area contributed by atoms with Crippen LogP contribution in [0.3, 0.4) is 0 Å². The smallest absolute Gasteiger partial charge is 0.241 e. The molecule has 0 saturated carbocycles. The Morgan fingerprint density at radius 2 is 2.45 bits per heavy atom. The second-order valence-electron chi connectivity index (χ2n) is 2.29. The summed E-state index contributed by atoms with van der Waals surface area (Å²) < 4.78 is 1.54. The summed E-state index contributed by atoms with van der Waals surface area (Å²) in [4.78, 5) is 10.6. The fraction of sp³-hybridized carbons (Fsp3) is 0.429. The first-order valence-electron chi connectivity index (χ1n) is 3.49. The van der Waals surface area contributed by atoms with Crippen molar-refractivity contribution >= 4 is 0 Å². The standard InChI is InChI=1S/C7H10N2O2/c1-2-3-9-5-7(11)6(10)4-8-9/h4-5,11H,2-3H2,1H3. The van der Waals surface area contributed by atoms with Crippen LogP contribution in [-0.4, -0.2) is 14.9 Å². The van der Waals surface area contributed by atoms with Gasteiger partial charge in [-0.05, 0) is 6.42 Å². The second kappa shape index (κ2) is 3.18. The van der Waals surface area contributed by atoms with Crippen molar-refractivity contribution in [3.05, 3.63) is 22.6 Å². The van der Waals surface area contributed by atoms with Crippen molar-refractivity contribution in [3.8, 4) is 5.75 Å². The number of rotatable bonds is 2. The number of aromatic nitrogens is 2. The molecule has 0 saturated heterocycles. The summed E-state index contributed by atoms with van der Waals surface area (Å²) in [5.41, 5.74) is -0.433. The normalized spacial score (nSPS) is 9.91. The van der Waals surface area contributed by atoms with E-state index >= 15 is 0 Å². The summed E-state index contributed by atoms with van der Waals surface area (Å²) in [5, 5.41) is 12.7. The molecule has 1 aromatic heterocycles. The average molecular weight is 154 g/mol. The highest BCUT2D eigenvalue weighted by atomic mass is 16.3. The van der Waals surface area contributed by atoms with Gasteiger partial charge in [0.1, 0.15) is 0 Å². The van der Waals surface area contributed by atoms with Crippen molar-refractivity contribution in [1.82, 2.24) is 9.78 Å². The van der Waals surface area contributed by atoms with Crippen LogP contribution in [0.4, 0.5) is 0 Å². The molecule has 0 atom stereocenters.